The molecule has 0 atom stereocenters. The first-order chi connectivity index (χ1) is 7.27. The summed E-state index contributed by atoms with van der Waals surface area (Å²) >= 11 is 0. The van der Waals surface area contributed by atoms with Crippen LogP contribution in [0.15, 0.2) is 18.3 Å². The molecule has 15 heavy (non-hydrogen) atoms. The fourth-order valence-electron chi connectivity index (χ4n) is 2.25. The molecule has 1 aliphatic carbocycles. The predicted octanol–water partition coefficient (Wildman–Crippen LogP) is 2.83. The normalized spacial score (nSPS) is 17.6. The zero-order valence-electron chi connectivity index (χ0n) is 8.65. The van der Waals surface area contributed by atoms with Crippen molar-refractivity contribution < 1.29 is 9.90 Å². The molecular formula is C12H15NO2. The topological polar surface area (TPSA) is 50.2 Å². The number of aromatic nitrogens is 1. The molecule has 2 rings (SSSR count). The van der Waals surface area contributed by atoms with Gasteiger partial charge in [-0.1, -0.05) is 19.3 Å². The van der Waals surface area contributed by atoms with Gasteiger partial charge in [0.1, 0.15) is 5.69 Å². The van der Waals surface area contributed by atoms with Crippen molar-refractivity contribution in [2.45, 2.75) is 38.0 Å². The number of carbonyl (C=O) groups is 1. The maximum atomic E-state index is 10.8. The molecule has 0 bridgehead atoms. The summed E-state index contributed by atoms with van der Waals surface area (Å²) in [6.07, 6.45) is 7.80. The molecule has 1 fully saturated rings. The van der Waals surface area contributed by atoms with Crippen molar-refractivity contribution in [3.63, 3.8) is 0 Å². The monoisotopic (exact) mass is 205 g/mol. The van der Waals surface area contributed by atoms with Crippen molar-refractivity contribution in [2.75, 3.05) is 0 Å². The standard InChI is InChI=1S/C12H15NO2/c14-12(15)11-8-10(6-7-13-11)9-4-2-1-3-5-9/h6-9H,1-5H2,(H,14,15). The molecule has 3 nitrogen and oxygen atoms in total. The average Bonchev–Trinajstić information content (AvgIpc) is 2.30. The van der Waals surface area contributed by atoms with E-state index in [-0.39, 0.29) is 5.69 Å². The van der Waals surface area contributed by atoms with E-state index < -0.39 is 5.97 Å². The van der Waals surface area contributed by atoms with Crippen LogP contribution >= 0.6 is 0 Å². The van der Waals surface area contributed by atoms with Crippen LogP contribution in [0.3, 0.4) is 0 Å². The lowest BCUT2D eigenvalue weighted by Crippen LogP contribution is -2.07. The number of rotatable bonds is 2. The number of hydrogen-bond acceptors (Lipinski definition) is 2. The number of carboxylic acid groups (broad SMARTS) is 1. The fourth-order valence-corrected chi connectivity index (χ4v) is 2.25. The van der Waals surface area contributed by atoms with Gasteiger partial charge in [-0.15, -0.1) is 0 Å². The minimum Gasteiger partial charge on any atom is -0.477 e. The molecule has 0 unspecified atom stereocenters. The van der Waals surface area contributed by atoms with E-state index in [1.165, 1.54) is 32.1 Å². The smallest absolute Gasteiger partial charge is 0.354 e. The lowest BCUT2D eigenvalue weighted by atomic mass is 9.84. The van der Waals surface area contributed by atoms with Gasteiger partial charge in [0.05, 0.1) is 0 Å². The molecule has 3 heteroatoms. The Morgan fingerprint density at radius 1 is 1.33 bits per heavy atom. The average molecular weight is 205 g/mol. The molecular weight excluding hydrogens is 190 g/mol. The molecule has 1 aromatic rings. The zero-order chi connectivity index (χ0) is 10.7. The second-order valence-electron chi connectivity index (χ2n) is 4.11. The highest BCUT2D eigenvalue weighted by Crippen LogP contribution is 2.32. The summed E-state index contributed by atoms with van der Waals surface area (Å²) in [5.41, 5.74) is 1.31. The van der Waals surface area contributed by atoms with E-state index in [1.54, 1.807) is 12.3 Å². The van der Waals surface area contributed by atoms with Gasteiger partial charge < -0.3 is 5.11 Å². The van der Waals surface area contributed by atoms with Crippen LogP contribution in [0.2, 0.25) is 0 Å². The molecule has 1 N–H and O–H groups in total. The maximum Gasteiger partial charge on any atom is 0.354 e. The molecule has 80 valence electrons. The van der Waals surface area contributed by atoms with Crippen LogP contribution in [0.5, 0.6) is 0 Å². The van der Waals surface area contributed by atoms with Crippen LogP contribution in [0, 0.1) is 0 Å². The van der Waals surface area contributed by atoms with Gasteiger partial charge in [-0.3, -0.25) is 0 Å². The summed E-state index contributed by atoms with van der Waals surface area (Å²) in [6, 6.07) is 3.67. The number of carboxylic acids is 1. The molecule has 1 aliphatic rings. The van der Waals surface area contributed by atoms with Crippen molar-refractivity contribution >= 4 is 5.97 Å². The van der Waals surface area contributed by atoms with E-state index >= 15 is 0 Å². The fraction of sp³-hybridized carbons (Fsp3) is 0.500. The summed E-state index contributed by atoms with van der Waals surface area (Å²) < 4.78 is 0. The van der Waals surface area contributed by atoms with E-state index in [1.807, 2.05) is 6.07 Å². The SMILES string of the molecule is O=C(O)c1cc(C2CCCCC2)ccn1. The van der Waals surface area contributed by atoms with Gasteiger partial charge in [0, 0.05) is 6.20 Å². The summed E-state index contributed by atoms with van der Waals surface area (Å²) in [4.78, 5) is 14.6. The highest BCUT2D eigenvalue weighted by Gasteiger charge is 2.16. The molecule has 0 aliphatic heterocycles. The number of nitrogens with zero attached hydrogens (tertiary/aromatic N) is 1. The van der Waals surface area contributed by atoms with Gasteiger partial charge in [-0.05, 0) is 36.5 Å². The number of hydrogen-bond donors (Lipinski definition) is 1. The Kier molecular flexibility index (Phi) is 2.99. The van der Waals surface area contributed by atoms with E-state index in [0.717, 1.165) is 5.56 Å². The Morgan fingerprint density at radius 3 is 2.73 bits per heavy atom. The second kappa shape index (κ2) is 4.43. The summed E-state index contributed by atoms with van der Waals surface area (Å²) in [5.74, 6) is -0.396. The highest BCUT2D eigenvalue weighted by atomic mass is 16.4. The Labute approximate surface area is 89.2 Å². The highest BCUT2D eigenvalue weighted by molar-refractivity contribution is 5.85. The first-order valence-electron chi connectivity index (χ1n) is 5.46. The predicted molar refractivity (Wildman–Crippen MR) is 57.0 cm³/mol. The van der Waals surface area contributed by atoms with Gasteiger partial charge in [0.15, 0.2) is 0 Å². The van der Waals surface area contributed by atoms with E-state index in [9.17, 15) is 4.79 Å². The zero-order valence-corrected chi connectivity index (χ0v) is 8.65. The molecule has 0 amide bonds. The molecule has 1 aromatic heterocycles. The molecule has 1 saturated carbocycles. The van der Waals surface area contributed by atoms with E-state index in [2.05, 4.69) is 4.98 Å². The number of aromatic carboxylic acids is 1. The van der Waals surface area contributed by atoms with Gasteiger partial charge >= 0.3 is 5.97 Å². The van der Waals surface area contributed by atoms with Gasteiger partial charge in [-0.2, -0.15) is 0 Å². The lowest BCUT2D eigenvalue weighted by Gasteiger charge is -2.21. The van der Waals surface area contributed by atoms with Crippen molar-refractivity contribution in [3.05, 3.63) is 29.6 Å². The van der Waals surface area contributed by atoms with Crippen molar-refractivity contribution in [2.24, 2.45) is 0 Å². The molecule has 0 saturated heterocycles. The third-order valence-corrected chi connectivity index (χ3v) is 3.08. The molecule has 0 radical (unpaired) electrons. The molecule has 0 spiro atoms. The molecule has 0 aromatic carbocycles. The Bertz CT molecular complexity index is 356. The van der Waals surface area contributed by atoms with Crippen LogP contribution < -0.4 is 0 Å². The van der Waals surface area contributed by atoms with Crippen molar-refractivity contribution in [1.82, 2.24) is 4.98 Å². The Balaban J connectivity index is 2.19. The van der Waals surface area contributed by atoms with Crippen LogP contribution in [-0.4, -0.2) is 16.1 Å². The minimum atomic E-state index is -0.937. The van der Waals surface area contributed by atoms with Crippen molar-refractivity contribution in [1.29, 1.82) is 0 Å². The summed E-state index contributed by atoms with van der Waals surface area (Å²) in [6.45, 7) is 0. The third kappa shape index (κ3) is 2.35. The van der Waals surface area contributed by atoms with Crippen LogP contribution in [0.4, 0.5) is 0 Å². The first-order valence-corrected chi connectivity index (χ1v) is 5.46. The van der Waals surface area contributed by atoms with Crippen LogP contribution in [0.1, 0.15) is 54.1 Å². The van der Waals surface area contributed by atoms with Crippen LogP contribution in [-0.2, 0) is 0 Å². The number of pyridine rings is 1. The maximum absolute atomic E-state index is 10.8. The minimum absolute atomic E-state index is 0.165. The van der Waals surface area contributed by atoms with Gasteiger partial charge in [0.25, 0.3) is 0 Å². The molecule has 1 heterocycles. The van der Waals surface area contributed by atoms with E-state index in [4.69, 9.17) is 5.11 Å². The Hall–Kier alpha value is -1.38. The second-order valence-corrected chi connectivity index (χ2v) is 4.11. The summed E-state index contributed by atoms with van der Waals surface area (Å²) in [5, 5.41) is 8.85. The quantitative estimate of drug-likeness (QED) is 0.807. The lowest BCUT2D eigenvalue weighted by molar-refractivity contribution is 0.0690. The summed E-state index contributed by atoms with van der Waals surface area (Å²) in [7, 11) is 0. The third-order valence-electron chi connectivity index (χ3n) is 3.08. The van der Waals surface area contributed by atoms with Gasteiger partial charge in [0.2, 0.25) is 0 Å². The van der Waals surface area contributed by atoms with E-state index in [0.29, 0.717) is 5.92 Å². The van der Waals surface area contributed by atoms with Gasteiger partial charge in [-0.25, -0.2) is 9.78 Å². The van der Waals surface area contributed by atoms with Crippen molar-refractivity contribution in [3.8, 4) is 0 Å². The van der Waals surface area contributed by atoms with Crippen LogP contribution in [0.25, 0.3) is 0 Å². The Morgan fingerprint density at radius 2 is 2.07 bits per heavy atom. The largest absolute Gasteiger partial charge is 0.477 e. The first kappa shape index (κ1) is 10.1.